The molecule has 0 bridgehead atoms. The maximum atomic E-state index is 11.1. The van der Waals surface area contributed by atoms with E-state index in [1.165, 1.54) is 6.42 Å². The topological polar surface area (TPSA) is 99.1 Å². The van der Waals surface area contributed by atoms with E-state index in [-0.39, 0.29) is 17.0 Å². The molecule has 1 aliphatic carbocycles. The van der Waals surface area contributed by atoms with Crippen LogP contribution in [0.1, 0.15) is 31.0 Å². The Labute approximate surface area is 100 Å². The Morgan fingerprint density at radius 2 is 2.18 bits per heavy atom. The predicted molar refractivity (Wildman–Crippen MR) is 61.9 cm³/mol. The van der Waals surface area contributed by atoms with Gasteiger partial charge in [0.15, 0.2) is 15.7 Å². The largest absolute Gasteiger partial charge is 0.339 e. The lowest BCUT2D eigenvalue weighted by Crippen LogP contribution is -2.39. The second-order valence-corrected chi connectivity index (χ2v) is 7.05. The fraction of sp³-hybridized carbons (Fsp3) is 0.800. The van der Waals surface area contributed by atoms with Crippen molar-refractivity contribution in [3.05, 3.63) is 11.7 Å². The summed E-state index contributed by atoms with van der Waals surface area (Å²) in [6.45, 7) is 0.608. The SMILES string of the molecule is CS(=O)(=O)Cc1noc(CC2(CN)CCC2)n1. The smallest absolute Gasteiger partial charge is 0.227 e. The lowest BCUT2D eigenvalue weighted by atomic mass is 9.67. The highest BCUT2D eigenvalue weighted by Gasteiger charge is 2.37. The zero-order chi connectivity index (χ0) is 12.5. The molecule has 2 N–H and O–H groups in total. The quantitative estimate of drug-likeness (QED) is 0.815. The number of hydrogen-bond acceptors (Lipinski definition) is 6. The molecule has 17 heavy (non-hydrogen) atoms. The molecule has 6 nitrogen and oxygen atoms in total. The molecule has 96 valence electrons. The first-order valence-corrected chi connectivity index (χ1v) is 7.68. The zero-order valence-electron chi connectivity index (χ0n) is 9.85. The van der Waals surface area contributed by atoms with Crippen LogP contribution in [0.25, 0.3) is 0 Å². The summed E-state index contributed by atoms with van der Waals surface area (Å²) < 4.78 is 27.2. The van der Waals surface area contributed by atoms with Crippen LogP contribution in [0.3, 0.4) is 0 Å². The summed E-state index contributed by atoms with van der Waals surface area (Å²) in [5, 5.41) is 3.67. The molecule has 0 unspecified atom stereocenters. The Bertz CT molecular complexity index is 485. The second-order valence-electron chi connectivity index (χ2n) is 4.91. The summed E-state index contributed by atoms with van der Waals surface area (Å²) in [5.41, 5.74) is 5.83. The second kappa shape index (κ2) is 4.38. The third-order valence-corrected chi connectivity index (χ3v) is 4.06. The maximum absolute atomic E-state index is 11.1. The standard InChI is InChI=1S/C10H17N3O3S/c1-17(14,15)6-8-12-9(16-13-8)5-10(7-11)3-2-4-10/h2-7,11H2,1H3. The summed E-state index contributed by atoms with van der Waals surface area (Å²) in [6.07, 6.45) is 5.14. The van der Waals surface area contributed by atoms with Crippen molar-refractivity contribution in [3.8, 4) is 0 Å². The van der Waals surface area contributed by atoms with Crippen molar-refractivity contribution in [2.24, 2.45) is 11.1 Å². The number of nitrogens with zero attached hydrogens (tertiary/aromatic N) is 2. The van der Waals surface area contributed by atoms with Crippen LogP contribution < -0.4 is 5.73 Å². The normalized spacial score (nSPS) is 18.9. The lowest BCUT2D eigenvalue weighted by Gasteiger charge is -2.39. The van der Waals surface area contributed by atoms with Crippen LogP contribution in [-0.4, -0.2) is 31.4 Å². The van der Waals surface area contributed by atoms with Crippen LogP contribution in [0.2, 0.25) is 0 Å². The highest BCUT2D eigenvalue weighted by Crippen LogP contribution is 2.42. The molecule has 1 saturated carbocycles. The van der Waals surface area contributed by atoms with Gasteiger partial charge in [0.25, 0.3) is 0 Å². The number of nitrogens with two attached hydrogens (primary N) is 1. The molecule has 1 aliphatic rings. The van der Waals surface area contributed by atoms with Crippen LogP contribution in [0, 0.1) is 5.41 Å². The molecule has 7 heteroatoms. The fourth-order valence-corrected chi connectivity index (χ4v) is 2.69. The number of hydrogen-bond donors (Lipinski definition) is 1. The Kier molecular flexibility index (Phi) is 3.22. The molecule has 0 spiro atoms. The Balaban J connectivity index is 2.03. The first-order valence-electron chi connectivity index (χ1n) is 5.62. The van der Waals surface area contributed by atoms with E-state index in [1.54, 1.807) is 0 Å². The molecule has 0 saturated heterocycles. The number of rotatable bonds is 5. The van der Waals surface area contributed by atoms with Gasteiger partial charge in [0.2, 0.25) is 5.89 Å². The van der Waals surface area contributed by atoms with Crippen molar-refractivity contribution < 1.29 is 12.9 Å². The molecule has 1 heterocycles. The molecular weight excluding hydrogens is 242 g/mol. The van der Waals surface area contributed by atoms with Gasteiger partial charge in [-0.25, -0.2) is 8.42 Å². The van der Waals surface area contributed by atoms with E-state index in [0.717, 1.165) is 19.1 Å². The van der Waals surface area contributed by atoms with E-state index in [9.17, 15) is 8.42 Å². The lowest BCUT2D eigenvalue weighted by molar-refractivity contribution is 0.129. The van der Waals surface area contributed by atoms with Crippen LogP contribution in [0.4, 0.5) is 0 Å². The van der Waals surface area contributed by atoms with Crippen molar-refractivity contribution in [3.63, 3.8) is 0 Å². The molecule has 1 aromatic heterocycles. The minimum atomic E-state index is -3.11. The van der Waals surface area contributed by atoms with Gasteiger partial charge in [0, 0.05) is 12.7 Å². The predicted octanol–water partition coefficient (Wildman–Crippen LogP) is 0.286. The van der Waals surface area contributed by atoms with Gasteiger partial charge in [-0.2, -0.15) is 4.98 Å². The molecule has 0 aliphatic heterocycles. The monoisotopic (exact) mass is 259 g/mol. The van der Waals surface area contributed by atoms with Gasteiger partial charge in [-0.3, -0.25) is 0 Å². The molecule has 1 aromatic rings. The van der Waals surface area contributed by atoms with E-state index >= 15 is 0 Å². The van der Waals surface area contributed by atoms with Gasteiger partial charge in [0.05, 0.1) is 0 Å². The zero-order valence-corrected chi connectivity index (χ0v) is 10.7. The molecule has 0 atom stereocenters. The van der Waals surface area contributed by atoms with E-state index in [2.05, 4.69) is 10.1 Å². The summed E-state index contributed by atoms with van der Waals surface area (Å²) in [6, 6.07) is 0. The molecule has 1 fully saturated rings. The third kappa shape index (κ3) is 3.04. The number of sulfone groups is 1. The summed E-state index contributed by atoms with van der Waals surface area (Å²) in [5.74, 6) is 0.550. The average molecular weight is 259 g/mol. The first-order chi connectivity index (χ1) is 7.92. The Hall–Kier alpha value is -0.950. The Morgan fingerprint density at radius 3 is 2.65 bits per heavy atom. The molecular formula is C10H17N3O3S. The van der Waals surface area contributed by atoms with Crippen LogP contribution in [0.5, 0.6) is 0 Å². The summed E-state index contributed by atoms with van der Waals surface area (Å²) >= 11 is 0. The first kappa shape index (κ1) is 12.5. The van der Waals surface area contributed by atoms with Gasteiger partial charge in [-0.15, -0.1) is 0 Å². The van der Waals surface area contributed by atoms with Crippen molar-refractivity contribution in [1.82, 2.24) is 10.1 Å². The number of aromatic nitrogens is 2. The fourth-order valence-electron chi connectivity index (χ4n) is 2.11. The Morgan fingerprint density at radius 1 is 1.47 bits per heavy atom. The van der Waals surface area contributed by atoms with Crippen molar-refractivity contribution >= 4 is 9.84 Å². The van der Waals surface area contributed by atoms with E-state index < -0.39 is 9.84 Å². The molecule has 0 aromatic carbocycles. The average Bonchev–Trinajstić information content (AvgIpc) is 2.56. The van der Waals surface area contributed by atoms with Crippen molar-refractivity contribution in [2.45, 2.75) is 31.4 Å². The van der Waals surface area contributed by atoms with E-state index in [0.29, 0.717) is 18.9 Å². The van der Waals surface area contributed by atoms with Crippen molar-refractivity contribution in [2.75, 3.05) is 12.8 Å². The van der Waals surface area contributed by atoms with E-state index in [1.807, 2.05) is 0 Å². The molecule has 0 radical (unpaired) electrons. The van der Waals surface area contributed by atoms with Gasteiger partial charge in [0.1, 0.15) is 5.75 Å². The van der Waals surface area contributed by atoms with Gasteiger partial charge in [-0.1, -0.05) is 11.6 Å². The summed E-state index contributed by atoms with van der Waals surface area (Å²) in [4.78, 5) is 4.10. The van der Waals surface area contributed by atoms with Crippen molar-refractivity contribution in [1.29, 1.82) is 0 Å². The molecule has 0 amide bonds. The molecule has 2 rings (SSSR count). The van der Waals surface area contributed by atoms with Gasteiger partial charge < -0.3 is 10.3 Å². The minimum absolute atomic E-state index is 0.0922. The van der Waals surface area contributed by atoms with Gasteiger partial charge in [-0.05, 0) is 24.8 Å². The van der Waals surface area contributed by atoms with E-state index in [4.69, 9.17) is 10.3 Å². The third-order valence-electron chi connectivity index (χ3n) is 3.27. The summed E-state index contributed by atoms with van der Waals surface area (Å²) in [7, 11) is -3.11. The highest BCUT2D eigenvalue weighted by molar-refractivity contribution is 7.89. The van der Waals surface area contributed by atoms with Crippen LogP contribution in [-0.2, 0) is 22.0 Å². The van der Waals surface area contributed by atoms with Crippen LogP contribution >= 0.6 is 0 Å². The minimum Gasteiger partial charge on any atom is -0.339 e. The van der Waals surface area contributed by atoms with Gasteiger partial charge >= 0.3 is 0 Å². The van der Waals surface area contributed by atoms with Crippen LogP contribution in [0.15, 0.2) is 4.52 Å². The highest BCUT2D eigenvalue weighted by atomic mass is 32.2. The maximum Gasteiger partial charge on any atom is 0.227 e.